The summed E-state index contributed by atoms with van der Waals surface area (Å²) in [7, 11) is 1.65. The lowest BCUT2D eigenvalue weighted by molar-refractivity contribution is -0.111. The van der Waals surface area contributed by atoms with E-state index >= 15 is 0 Å². The topological polar surface area (TPSA) is 127 Å². The van der Waals surface area contributed by atoms with Crippen LogP contribution in [-0.4, -0.2) is 103 Å². The van der Waals surface area contributed by atoms with Crippen LogP contribution in [0.3, 0.4) is 0 Å². The van der Waals surface area contributed by atoms with Crippen LogP contribution >= 0.6 is 0 Å². The number of hydrogen-bond donors (Lipinski definition) is 3. The molecule has 5 aliphatic rings. The van der Waals surface area contributed by atoms with Crippen LogP contribution in [0, 0.1) is 0 Å². The van der Waals surface area contributed by atoms with Gasteiger partial charge in [0.05, 0.1) is 36.8 Å². The number of amides is 2. The Hall–Kier alpha value is -4.72. The molecule has 1 atom stereocenters. The van der Waals surface area contributed by atoms with Gasteiger partial charge in [0, 0.05) is 81.5 Å². The van der Waals surface area contributed by atoms with E-state index in [1.54, 1.807) is 12.2 Å². The zero-order valence-corrected chi connectivity index (χ0v) is 32.0. The first kappa shape index (κ1) is 37.2. The average Bonchev–Trinajstić information content (AvgIpc) is 3.97. The van der Waals surface area contributed by atoms with Crippen LogP contribution in [0.1, 0.15) is 86.2 Å². The molecule has 2 aliphatic carbocycles. The number of carbonyl (C=O) groups excluding carboxylic acids is 2. The molecule has 0 bridgehead atoms. The number of hydroxylamine groups is 1. The van der Waals surface area contributed by atoms with E-state index in [1.165, 1.54) is 44.8 Å². The van der Waals surface area contributed by atoms with Gasteiger partial charge in [-0.2, -0.15) is 0 Å². The van der Waals surface area contributed by atoms with Gasteiger partial charge in [-0.1, -0.05) is 38.0 Å². The molecule has 2 amide bonds. The van der Waals surface area contributed by atoms with E-state index in [0.717, 1.165) is 88.4 Å². The predicted octanol–water partition coefficient (Wildman–Crippen LogP) is 6.05. The second-order valence-electron chi connectivity index (χ2n) is 15.6. The highest BCUT2D eigenvalue weighted by atomic mass is 16.7. The molecule has 3 saturated heterocycles. The number of nitrogens with zero attached hydrogens (tertiary/aromatic N) is 6. The SMILES string of the molecule is C=CC(=O)Nc1cc(Nc2cc(N3OCCC3c3cccc(C(=O)NC4CCCCC4)c3)ncn2)c(OC)cc1N1CCC(N2CCN(C3CC3)CC2)CC1. The number of hydrogen-bond acceptors (Lipinski definition) is 11. The molecule has 5 fully saturated rings. The molecular weight excluding hydrogens is 695 g/mol. The lowest BCUT2D eigenvalue weighted by Gasteiger charge is -2.43. The second kappa shape index (κ2) is 17.0. The van der Waals surface area contributed by atoms with Gasteiger partial charge in [0.15, 0.2) is 5.82 Å². The molecule has 1 aromatic heterocycles. The highest BCUT2D eigenvalue weighted by molar-refractivity contribution is 6.02. The minimum Gasteiger partial charge on any atom is -0.494 e. The van der Waals surface area contributed by atoms with Crippen molar-refractivity contribution in [2.75, 3.05) is 73.6 Å². The van der Waals surface area contributed by atoms with Crippen molar-refractivity contribution in [2.24, 2.45) is 0 Å². The molecule has 2 saturated carbocycles. The number of aromatic nitrogens is 2. The number of piperazine rings is 1. The van der Waals surface area contributed by atoms with Gasteiger partial charge >= 0.3 is 0 Å². The molecule has 13 heteroatoms. The summed E-state index contributed by atoms with van der Waals surface area (Å²) >= 11 is 0. The summed E-state index contributed by atoms with van der Waals surface area (Å²) < 4.78 is 5.92. The molecule has 8 rings (SSSR count). The van der Waals surface area contributed by atoms with E-state index in [-0.39, 0.29) is 23.9 Å². The summed E-state index contributed by atoms with van der Waals surface area (Å²) in [6, 6.07) is 15.1. The van der Waals surface area contributed by atoms with Crippen LogP contribution in [0.15, 0.2) is 61.4 Å². The number of rotatable bonds is 12. The van der Waals surface area contributed by atoms with Crippen molar-refractivity contribution < 1.29 is 19.2 Å². The average molecular weight is 750 g/mol. The fraction of sp³-hybridized carbons (Fsp3) is 0.524. The summed E-state index contributed by atoms with van der Waals surface area (Å²) in [5.41, 5.74) is 3.88. The van der Waals surface area contributed by atoms with Crippen molar-refractivity contribution in [2.45, 2.75) is 88.4 Å². The number of nitrogens with one attached hydrogen (secondary N) is 3. The van der Waals surface area contributed by atoms with E-state index in [4.69, 9.17) is 9.57 Å². The third kappa shape index (κ3) is 8.74. The Morgan fingerprint density at radius 2 is 1.60 bits per heavy atom. The van der Waals surface area contributed by atoms with Gasteiger partial charge in [-0.25, -0.2) is 15.0 Å². The van der Waals surface area contributed by atoms with E-state index in [9.17, 15) is 9.59 Å². The third-order valence-corrected chi connectivity index (χ3v) is 12.0. The van der Waals surface area contributed by atoms with Crippen LogP contribution in [0.4, 0.5) is 28.7 Å². The second-order valence-corrected chi connectivity index (χ2v) is 15.6. The lowest BCUT2D eigenvalue weighted by atomic mass is 9.95. The molecule has 0 radical (unpaired) electrons. The Labute approximate surface area is 324 Å². The van der Waals surface area contributed by atoms with Crippen LogP contribution in [0.25, 0.3) is 0 Å². The highest BCUT2D eigenvalue weighted by Crippen LogP contribution is 2.41. The molecule has 3 aromatic rings. The summed E-state index contributed by atoms with van der Waals surface area (Å²) in [4.78, 5) is 48.8. The van der Waals surface area contributed by atoms with Gasteiger partial charge in [-0.15, -0.1) is 0 Å². The molecule has 3 N–H and O–H groups in total. The van der Waals surface area contributed by atoms with Gasteiger partial charge in [-0.3, -0.25) is 24.2 Å². The number of methoxy groups -OCH3 is 1. The Morgan fingerprint density at radius 3 is 2.31 bits per heavy atom. The quantitative estimate of drug-likeness (QED) is 0.188. The van der Waals surface area contributed by atoms with Crippen molar-refractivity contribution in [3.63, 3.8) is 0 Å². The summed E-state index contributed by atoms with van der Waals surface area (Å²) in [5, 5.41) is 11.5. The van der Waals surface area contributed by atoms with Crippen molar-refractivity contribution >= 4 is 40.5 Å². The largest absolute Gasteiger partial charge is 0.494 e. The maximum Gasteiger partial charge on any atom is 0.251 e. The first-order valence-electron chi connectivity index (χ1n) is 20.3. The number of ether oxygens (including phenoxy) is 1. The highest BCUT2D eigenvalue weighted by Gasteiger charge is 2.35. The monoisotopic (exact) mass is 749 g/mol. The molecule has 55 heavy (non-hydrogen) atoms. The zero-order valence-electron chi connectivity index (χ0n) is 32.0. The lowest BCUT2D eigenvalue weighted by Crippen LogP contribution is -2.53. The van der Waals surface area contributed by atoms with Gasteiger partial charge in [0.25, 0.3) is 5.91 Å². The summed E-state index contributed by atoms with van der Waals surface area (Å²) in [6.07, 6.45) is 14.1. The Balaban J connectivity index is 0.965. The standard InChI is InChI=1S/C42H55N9O4/c1-3-41(52)47-34-25-35(38(54-2)26-37(34)50-17-14-33(15-18-50)49-21-19-48(20-22-49)32-12-13-32)46-39-27-40(44-28-43-39)51-36(16-23-55-51)29-8-7-9-30(24-29)42(53)45-31-10-5-4-6-11-31/h3,7-9,24-28,31-33,36H,1,4-6,10-23H2,2H3,(H,45,53)(H,47,52)(H,43,44,46). The fourth-order valence-electron chi connectivity index (χ4n) is 8.83. The molecule has 13 nitrogen and oxygen atoms in total. The van der Waals surface area contributed by atoms with Crippen LogP contribution in [-0.2, 0) is 9.63 Å². The Bertz CT molecular complexity index is 1830. The zero-order chi connectivity index (χ0) is 37.7. The molecule has 2 aromatic carbocycles. The number of piperidine rings is 1. The molecule has 1 unspecified atom stereocenters. The van der Waals surface area contributed by atoms with Gasteiger partial charge in [-0.05, 0) is 68.4 Å². The smallest absolute Gasteiger partial charge is 0.251 e. The molecule has 3 aliphatic heterocycles. The fourth-order valence-corrected chi connectivity index (χ4v) is 8.83. The van der Waals surface area contributed by atoms with E-state index in [2.05, 4.69) is 47.2 Å². The molecule has 292 valence electrons. The number of anilines is 5. The number of benzene rings is 2. The van der Waals surface area contributed by atoms with Gasteiger partial charge < -0.3 is 25.6 Å². The van der Waals surface area contributed by atoms with Crippen molar-refractivity contribution in [1.82, 2.24) is 25.1 Å². The molecule has 0 spiro atoms. The van der Waals surface area contributed by atoms with Gasteiger partial charge in [0.2, 0.25) is 5.91 Å². The first-order chi connectivity index (χ1) is 26.9. The Morgan fingerprint density at radius 1 is 0.855 bits per heavy atom. The maximum absolute atomic E-state index is 13.2. The number of carbonyl (C=O) groups is 2. The third-order valence-electron chi connectivity index (χ3n) is 12.0. The van der Waals surface area contributed by atoms with Gasteiger partial charge in [0.1, 0.15) is 17.9 Å². The van der Waals surface area contributed by atoms with E-state index in [1.807, 2.05) is 42.5 Å². The summed E-state index contributed by atoms with van der Waals surface area (Å²) in [6.45, 7) is 10.7. The normalized spacial score (nSPS) is 21.7. The van der Waals surface area contributed by atoms with Crippen molar-refractivity contribution in [3.8, 4) is 5.75 Å². The Kier molecular flexibility index (Phi) is 11.5. The van der Waals surface area contributed by atoms with Crippen LogP contribution in [0.2, 0.25) is 0 Å². The first-order valence-corrected chi connectivity index (χ1v) is 20.3. The van der Waals surface area contributed by atoms with Crippen LogP contribution in [0.5, 0.6) is 5.75 Å². The molecular formula is C42H55N9O4. The van der Waals surface area contributed by atoms with Crippen LogP contribution < -0.4 is 30.7 Å². The van der Waals surface area contributed by atoms with Crippen molar-refractivity contribution in [1.29, 1.82) is 0 Å². The van der Waals surface area contributed by atoms with Crippen molar-refractivity contribution in [3.05, 3.63) is 72.6 Å². The van der Waals surface area contributed by atoms with E-state index in [0.29, 0.717) is 47.0 Å². The maximum atomic E-state index is 13.2. The minimum absolute atomic E-state index is 0.0292. The minimum atomic E-state index is -0.280. The predicted molar refractivity (Wildman–Crippen MR) is 215 cm³/mol. The summed E-state index contributed by atoms with van der Waals surface area (Å²) in [5.74, 6) is 1.44. The molecule has 4 heterocycles. The van der Waals surface area contributed by atoms with E-state index < -0.39 is 0 Å².